The first-order chi connectivity index (χ1) is 13.1. The SMILES string of the molecule is O=C(NCC1CCN(c2ccc(F)c(F)c2)C1)N1CCC(N2CCCC2)C1. The molecule has 148 valence electrons. The zero-order chi connectivity index (χ0) is 18.8. The van der Waals surface area contributed by atoms with Crippen LogP contribution >= 0.6 is 0 Å². The van der Waals surface area contributed by atoms with Crippen molar-refractivity contribution in [3.05, 3.63) is 29.8 Å². The van der Waals surface area contributed by atoms with Gasteiger partial charge in [0, 0.05) is 50.5 Å². The largest absolute Gasteiger partial charge is 0.371 e. The maximum atomic E-state index is 13.4. The average Bonchev–Trinajstić information content (AvgIpc) is 3.42. The third-order valence-corrected chi connectivity index (χ3v) is 6.20. The van der Waals surface area contributed by atoms with Gasteiger partial charge in [0.05, 0.1) is 0 Å². The fourth-order valence-corrected chi connectivity index (χ4v) is 4.59. The number of benzene rings is 1. The Kier molecular flexibility index (Phi) is 5.48. The second kappa shape index (κ2) is 8.00. The molecule has 0 bridgehead atoms. The standard InChI is InChI=1S/C20H28F2N4O/c21-18-4-3-16(11-19(18)22)25-9-5-15(13-25)12-23-20(27)26-10-6-17(14-26)24-7-1-2-8-24/h3-4,11,15,17H,1-2,5-10,12-14H2,(H,23,27). The number of amides is 2. The van der Waals surface area contributed by atoms with Crippen molar-refractivity contribution in [1.82, 2.24) is 15.1 Å². The molecule has 3 heterocycles. The van der Waals surface area contributed by atoms with Crippen molar-refractivity contribution in [3.8, 4) is 0 Å². The molecule has 1 aromatic rings. The van der Waals surface area contributed by atoms with Crippen LogP contribution < -0.4 is 10.2 Å². The minimum Gasteiger partial charge on any atom is -0.371 e. The molecule has 0 aromatic heterocycles. The van der Waals surface area contributed by atoms with Crippen LogP contribution in [0.3, 0.4) is 0 Å². The van der Waals surface area contributed by atoms with Crippen molar-refractivity contribution < 1.29 is 13.6 Å². The van der Waals surface area contributed by atoms with Crippen LogP contribution in [0.5, 0.6) is 0 Å². The maximum Gasteiger partial charge on any atom is 0.317 e. The summed E-state index contributed by atoms with van der Waals surface area (Å²) in [5, 5.41) is 3.08. The molecule has 0 saturated carbocycles. The number of hydrogen-bond donors (Lipinski definition) is 1. The Bertz CT molecular complexity index is 680. The van der Waals surface area contributed by atoms with Gasteiger partial charge in [-0.25, -0.2) is 13.6 Å². The first-order valence-corrected chi connectivity index (χ1v) is 10.1. The lowest BCUT2D eigenvalue weighted by Gasteiger charge is -2.24. The molecule has 7 heteroatoms. The summed E-state index contributed by atoms with van der Waals surface area (Å²) in [5.41, 5.74) is 0.704. The summed E-state index contributed by atoms with van der Waals surface area (Å²) >= 11 is 0. The van der Waals surface area contributed by atoms with Crippen molar-refractivity contribution in [2.24, 2.45) is 5.92 Å². The summed E-state index contributed by atoms with van der Waals surface area (Å²) < 4.78 is 26.5. The highest BCUT2D eigenvalue weighted by Crippen LogP contribution is 2.25. The first kappa shape index (κ1) is 18.5. The van der Waals surface area contributed by atoms with Crippen molar-refractivity contribution in [1.29, 1.82) is 0 Å². The van der Waals surface area contributed by atoms with E-state index in [1.165, 1.54) is 38.1 Å². The Labute approximate surface area is 159 Å². The number of carbonyl (C=O) groups excluding carboxylic acids is 1. The summed E-state index contributed by atoms with van der Waals surface area (Å²) in [7, 11) is 0. The van der Waals surface area contributed by atoms with Crippen molar-refractivity contribution >= 4 is 11.7 Å². The quantitative estimate of drug-likeness (QED) is 0.876. The van der Waals surface area contributed by atoms with E-state index in [1.54, 1.807) is 6.07 Å². The van der Waals surface area contributed by atoms with Crippen LogP contribution in [-0.2, 0) is 0 Å². The van der Waals surface area contributed by atoms with Crippen LogP contribution in [0.4, 0.5) is 19.3 Å². The molecule has 0 radical (unpaired) electrons. The van der Waals surface area contributed by atoms with Crippen LogP contribution in [0.15, 0.2) is 18.2 Å². The Morgan fingerprint density at radius 3 is 2.63 bits per heavy atom. The molecule has 5 nitrogen and oxygen atoms in total. The number of rotatable bonds is 4. The molecule has 0 spiro atoms. The molecule has 1 N–H and O–H groups in total. The van der Waals surface area contributed by atoms with Crippen LogP contribution in [0.1, 0.15) is 25.7 Å². The normalized spacial score (nSPS) is 26.1. The van der Waals surface area contributed by atoms with Crippen molar-refractivity contribution in [3.63, 3.8) is 0 Å². The average molecular weight is 378 g/mol. The third kappa shape index (κ3) is 4.18. The molecule has 3 aliphatic heterocycles. The van der Waals surface area contributed by atoms with Crippen LogP contribution in [-0.4, -0.2) is 67.7 Å². The predicted molar refractivity (Wildman–Crippen MR) is 101 cm³/mol. The van der Waals surface area contributed by atoms with Gasteiger partial charge in [-0.2, -0.15) is 0 Å². The van der Waals surface area contributed by atoms with Crippen LogP contribution in [0, 0.1) is 17.6 Å². The molecule has 0 aliphatic carbocycles. The molecule has 2 atom stereocenters. The van der Waals surface area contributed by atoms with Gasteiger partial charge in [0.2, 0.25) is 0 Å². The maximum absolute atomic E-state index is 13.4. The number of anilines is 1. The lowest BCUT2D eigenvalue weighted by Crippen LogP contribution is -2.43. The summed E-state index contributed by atoms with van der Waals surface area (Å²) in [6.07, 6.45) is 4.56. The molecule has 3 fully saturated rings. The zero-order valence-corrected chi connectivity index (χ0v) is 15.7. The van der Waals surface area contributed by atoms with E-state index >= 15 is 0 Å². The van der Waals surface area contributed by atoms with Crippen LogP contribution in [0.25, 0.3) is 0 Å². The lowest BCUT2D eigenvalue weighted by atomic mass is 10.1. The molecule has 3 saturated heterocycles. The number of hydrogen-bond acceptors (Lipinski definition) is 3. The van der Waals surface area contributed by atoms with Crippen molar-refractivity contribution in [2.75, 3.05) is 50.7 Å². The first-order valence-electron chi connectivity index (χ1n) is 10.1. The highest BCUT2D eigenvalue weighted by molar-refractivity contribution is 5.74. The number of likely N-dealkylation sites (tertiary alicyclic amines) is 2. The molecule has 27 heavy (non-hydrogen) atoms. The minimum absolute atomic E-state index is 0.0305. The molecule has 4 rings (SSSR count). The van der Waals surface area contributed by atoms with Gasteiger partial charge in [0.15, 0.2) is 11.6 Å². The third-order valence-electron chi connectivity index (χ3n) is 6.20. The van der Waals surface area contributed by atoms with Gasteiger partial charge in [0.25, 0.3) is 0 Å². The summed E-state index contributed by atoms with van der Waals surface area (Å²) in [5.74, 6) is -1.30. The van der Waals surface area contributed by atoms with Gasteiger partial charge >= 0.3 is 6.03 Å². The summed E-state index contributed by atoms with van der Waals surface area (Å²) in [4.78, 5) is 19.0. The highest BCUT2D eigenvalue weighted by atomic mass is 19.2. The number of nitrogens with one attached hydrogen (secondary N) is 1. The molecular weight excluding hydrogens is 350 g/mol. The van der Waals surface area contributed by atoms with Gasteiger partial charge in [-0.15, -0.1) is 0 Å². The molecular formula is C20H28F2N4O. The van der Waals surface area contributed by atoms with Gasteiger partial charge in [-0.3, -0.25) is 4.90 Å². The monoisotopic (exact) mass is 378 g/mol. The van der Waals surface area contributed by atoms with E-state index < -0.39 is 11.6 Å². The lowest BCUT2D eigenvalue weighted by molar-refractivity contribution is 0.197. The summed E-state index contributed by atoms with van der Waals surface area (Å²) in [6.45, 7) is 6.18. The number of nitrogens with zero attached hydrogens (tertiary/aromatic N) is 3. The molecule has 2 amide bonds. The Morgan fingerprint density at radius 1 is 1.04 bits per heavy atom. The van der Waals surface area contributed by atoms with E-state index in [1.807, 2.05) is 4.90 Å². The fraction of sp³-hybridized carbons (Fsp3) is 0.650. The van der Waals surface area contributed by atoms with Gasteiger partial charge < -0.3 is 15.1 Å². The second-order valence-corrected chi connectivity index (χ2v) is 8.02. The van der Waals surface area contributed by atoms with E-state index in [4.69, 9.17) is 0 Å². The topological polar surface area (TPSA) is 38.8 Å². The van der Waals surface area contributed by atoms with Gasteiger partial charge in [0.1, 0.15) is 0 Å². The number of urea groups is 1. The Morgan fingerprint density at radius 2 is 1.85 bits per heavy atom. The Hall–Kier alpha value is -1.89. The molecule has 1 aromatic carbocycles. The van der Waals surface area contributed by atoms with E-state index in [9.17, 15) is 13.6 Å². The smallest absolute Gasteiger partial charge is 0.317 e. The van der Waals surface area contributed by atoms with E-state index in [-0.39, 0.29) is 6.03 Å². The predicted octanol–water partition coefficient (Wildman–Crippen LogP) is 2.67. The summed E-state index contributed by atoms with van der Waals surface area (Å²) in [6, 6.07) is 4.59. The zero-order valence-electron chi connectivity index (χ0n) is 15.7. The highest BCUT2D eigenvalue weighted by Gasteiger charge is 2.32. The van der Waals surface area contributed by atoms with E-state index in [0.717, 1.165) is 39.0 Å². The molecule has 2 unspecified atom stereocenters. The van der Waals surface area contributed by atoms with Gasteiger partial charge in [-0.05, 0) is 56.8 Å². The number of halogens is 2. The second-order valence-electron chi connectivity index (χ2n) is 8.02. The fourth-order valence-electron chi connectivity index (χ4n) is 4.59. The Balaban J connectivity index is 1.22. The van der Waals surface area contributed by atoms with Crippen LogP contribution in [0.2, 0.25) is 0 Å². The molecule has 3 aliphatic rings. The van der Waals surface area contributed by atoms with Crippen molar-refractivity contribution in [2.45, 2.75) is 31.7 Å². The van der Waals surface area contributed by atoms with E-state index in [2.05, 4.69) is 15.1 Å². The number of carbonyl (C=O) groups is 1. The minimum atomic E-state index is -0.820. The van der Waals surface area contributed by atoms with Gasteiger partial charge in [-0.1, -0.05) is 0 Å². The van der Waals surface area contributed by atoms with E-state index in [0.29, 0.717) is 24.2 Å².